The average molecular weight is 339 g/mol. The lowest BCUT2D eigenvalue weighted by molar-refractivity contribution is 0.298. The van der Waals surface area contributed by atoms with E-state index in [-0.39, 0.29) is 24.5 Å². The van der Waals surface area contributed by atoms with E-state index in [9.17, 15) is 4.79 Å². The number of hydrogen-bond donors (Lipinski definition) is 3. The molecule has 1 aromatic carbocycles. The zero-order valence-electron chi connectivity index (χ0n) is 14.5. The lowest BCUT2D eigenvalue weighted by atomic mass is 10.1. The van der Waals surface area contributed by atoms with E-state index in [0.717, 1.165) is 22.2 Å². The number of H-pyrrole nitrogens is 1. The van der Waals surface area contributed by atoms with Gasteiger partial charge in [0.15, 0.2) is 0 Å². The summed E-state index contributed by atoms with van der Waals surface area (Å²) in [5.74, 6) is 0.276. The molecule has 0 radical (unpaired) electrons. The van der Waals surface area contributed by atoms with E-state index in [1.165, 1.54) is 0 Å². The van der Waals surface area contributed by atoms with E-state index in [1.807, 2.05) is 26.1 Å². The van der Waals surface area contributed by atoms with Crippen LogP contribution in [0, 0.1) is 13.8 Å². The fraction of sp³-hybridized carbons (Fsp3) is 0.278. The summed E-state index contributed by atoms with van der Waals surface area (Å²) in [6.45, 7) is 3.69. The number of anilines is 1. The van der Waals surface area contributed by atoms with Gasteiger partial charge in [-0.3, -0.25) is 9.78 Å². The third-order valence-corrected chi connectivity index (χ3v) is 4.40. The number of benzene rings is 1. The summed E-state index contributed by atoms with van der Waals surface area (Å²) in [4.78, 5) is 18.9. The van der Waals surface area contributed by atoms with Crippen molar-refractivity contribution >= 4 is 23.1 Å². The Labute approximate surface area is 145 Å². The summed E-state index contributed by atoms with van der Waals surface area (Å²) in [7, 11) is 2.02. The second-order valence-electron chi connectivity index (χ2n) is 5.90. The second-order valence-corrected chi connectivity index (χ2v) is 5.90. The molecule has 0 spiro atoms. The number of nitrogens with one attached hydrogen (secondary N) is 2. The number of para-hydroxylation sites is 1. The van der Waals surface area contributed by atoms with Crippen LogP contribution in [0.1, 0.15) is 22.5 Å². The molecule has 25 heavy (non-hydrogen) atoms. The largest absolute Gasteiger partial charge is 0.396 e. The lowest BCUT2D eigenvalue weighted by Gasteiger charge is -2.05. The maximum Gasteiger partial charge on any atom is 0.255 e. The van der Waals surface area contributed by atoms with Gasteiger partial charge in [-0.1, -0.05) is 18.2 Å². The van der Waals surface area contributed by atoms with Gasteiger partial charge in [0.05, 0.1) is 11.9 Å². The topological polar surface area (TPSA) is 95.3 Å². The number of fused-ring (bicyclic) bond motifs is 1. The molecule has 0 saturated heterocycles. The third kappa shape index (κ3) is 3.18. The summed E-state index contributed by atoms with van der Waals surface area (Å²) in [6.07, 6.45) is 2.02. The van der Waals surface area contributed by atoms with Gasteiger partial charge >= 0.3 is 0 Å². The highest BCUT2D eigenvalue weighted by molar-refractivity contribution is 6.01. The van der Waals surface area contributed by atoms with Crippen molar-refractivity contribution in [3.05, 3.63) is 57.1 Å². The molecule has 7 nitrogen and oxygen atoms in total. The predicted molar refractivity (Wildman–Crippen MR) is 99.3 cm³/mol. The lowest BCUT2D eigenvalue weighted by Crippen LogP contribution is -2.19. The van der Waals surface area contributed by atoms with Gasteiger partial charge in [0, 0.05) is 47.8 Å². The molecule has 0 fully saturated rings. The van der Waals surface area contributed by atoms with Crippen LogP contribution in [0.15, 0.2) is 34.2 Å². The Kier molecular flexibility index (Phi) is 4.67. The van der Waals surface area contributed by atoms with Crippen LogP contribution in [0.5, 0.6) is 0 Å². The molecule has 0 aliphatic rings. The van der Waals surface area contributed by atoms with E-state index in [4.69, 9.17) is 5.11 Å². The summed E-state index contributed by atoms with van der Waals surface area (Å²) < 4.78 is 2.12. The molecule has 3 N–H and O–H groups in total. The monoisotopic (exact) mass is 339 g/mol. The number of aromatic amines is 1. The first-order valence-corrected chi connectivity index (χ1v) is 8.06. The summed E-state index contributed by atoms with van der Waals surface area (Å²) >= 11 is 0. The summed E-state index contributed by atoms with van der Waals surface area (Å²) in [5.41, 5.74) is 6.83. The molecule has 0 aliphatic carbocycles. The number of aromatic nitrogens is 3. The van der Waals surface area contributed by atoms with E-state index >= 15 is 0 Å². The predicted octanol–water partition coefficient (Wildman–Crippen LogP) is 1.86. The number of hydrazone groups is 1. The minimum absolute atomic E-state index is 0.0864. The van der Waals surface area contributed by atoms with Crippen LogP contribution in [0.4, 0.5) is 5.95 Å². The third-order valence-electron chi connectivity index (χ3n) is 4.40. The maximum absolute atomic E-state index is 12.0. The van der Waals surface area contributed by atoms with Crippen molar-refractivity contribution < 1.29 is 5.11 Å². The molecule has 0 unspecified atom stereocenters. The van der Waals surface area contributed by atoms with Gasteiger partial charge in [0.25, 0.3) is 5.56 Å². The van der Waals surface area contributed by atoms with Gasteiger partial charge in [-0.2, -0.15) is 5.10 Å². The van der Waals surface area contributed by atoms with Gasteiger partial charge in [0.1, 0.15) is 0 Å². The Morgan fingerprint density at radius 1 is 1.36 bits per heavy atom. The number of rotatable bonds is 5. The Morgan fingerprint density at radius 3 is 2.84 bits per heavy atom. The highest BCUT2D eigenvalue weighted by Crippen LogP contribution is 2.23. The first-order valence-electron chi connectivity index (χ1n) is 8.06. The zero-order valence-corrected chi connectivity index (χ0v) is 14.5. The van der Waals surface area contributed by atoms with Gasteiger partial charge in [-0.15, -0.1) is 0 Å². The molecule has 0 atom stereocenters. The minimum atomic E-state index is -0.263. The van der Waals surface area contributed by atoms with Crippen molar-refractivity contribution in [3.63, 3.8) is 0 Å². The van der Waals surface area contributed by atoms with E-state index in [2.05, 4.69) is 37.2 Å². The summed E-state index contributed by atoms with van der Waals surface area (Å²) in [5, 5.41) is 14.3. The van der Waals surface area contributed by atoms with Crippen LogP contribution >= 0.6 is 0 Å². The van der Waals surface area contributed by atoms with Crippen LogP contribution in [0.3, 0.4) is 0 Å². The molecule has 0 saturated carbocycles. The van der Waals surface area contributed by atoms with Crippen molar-refractivity contribution in [1.82, 2.24) is 14.5 Å². The van der Waals surface area contributed by atoms with Crippen LogP contribution in [0.25, 0.3) is 10.9 Å². The van der Waals surface area contributed by atoms with Crippen LogP contribution in [-0.2, 0) is 13.5 Å². The molecule has 0 amide bonds. The first kappa shape index (κ1) is 16.9. The van der Waals surface area contributed by atoms with Crippen LogP contribution in [0.2, 0.25) is 0 Å². The molecular weight excluding hydrogens is 318 g/mol. The standard InChI is InChI=1S/C18H21N5O2/c1-11-13(8-9-24)17(25)21-18(20-11)22-19-10-15-12(2)23(3)16-7-5-4-6-14(15)16/h4-7,10,24H,8-9H2,1-3H3,(H2,20,21,22,25)/b19-10-. The van der Waals surface area contributed by atoms with E-state index < -0.39 is 0 Å². The molecule has 7 heteroatoms. The molecule has 3 aromatic rings. The zero-order chi connectivity index (χ0) is 18.0. The van der Waals surface area contributed by atoms with Crippen molar-refractivity contribution in [2.45, 2.75) is 20.3 Å². The quantitative estimate of drug-likeness (QED) is 0.488. The molecule has 0 bridgehead atoms. The van der Waals surface area contributed by atoms with Crippen molar-refractivity contribution in [1.29, 1.82) is 0 Å². The van der Waals surface area contributed by atoms with Gasteiger partial charge in [-0.05, 0) is 19.9 Å². The Bertz CT molecular complexity index is 1000. The minimum Gasteiger partial charge on any atom is -0.396 e. The molecule has 2 heterocycles. The fourth-order valence-corrected chi connectivity index (χ4v) is 2.94. The average Bonchev–Trinajstić information content (AvgIpc) is 2.83. The van der Waals surface area contributed by atoms with E-state index in [0.29, 0.717) is 11.3 Å². The normalized spacial score (nSPS) is 11.5. The molecule has 0 aliphatic heterocycles. The number of aryl methyl sites for hydroxylation is 2. The summed E-state index contributed by atoms with van der Waals surface area (Å²) in [6, 6.07) is 8.12. The number of hydrogen-bond acceptors (Lipinski definition) is 5. The van der Waals surface area contributed by atoms with Gasteiger partial charge in [0.2, 0.25) is 5.95 Å². The highest BCUT2D eigenvalue weighted by atomic mass is 16.3. The molecule has 130 valence electrons. The number of aliphatic hydroxyl groups is 1. The highest BCUT2D eigenvalue weighted by Gasteiger charge is 2.10. The maximum atomic E-state index is 12.0. The first-order chi connectivity index (χ1) is 12.0. The Morgan fingerprint density at radius 2 is 2.12 bits per heavy atom. The van der Waals surface area contributed by atoms with Crippen LogP contribution < -0.4 is 11.0 Å². The molecule has 2 aromatic heterocycles. The van der Waals surface area contributed by atoms with Crippen LogP contribution in [-0.4, -0.2) is 32.5 Å². The number of aliphatic hydroxyl groups excluding tert-OH is 1. The van der Waals surface area contributed by atoms with Crippen molar-refractivity contribution in [3.8, 4) is 0 Å². The Balaban J connectivity index is 1.88. The van der Waals surface area contributed by atoms with E-state index in [1.54, 1.807) is 13.1 Å². The fourth-order valence-electron chi connectivity index (χ4n) is 2.94. The smallest absolute Gasteiger partial charge is 0.255 e. The molecule has 3 rings (SSSR count). The molecular formula is C18H21N5O2. The van der Waals surface area contributed by atoms with Gasteiger partial charge < -0.3 is 9.67 Å². The second kappa shape index (κ2) is 6.90. The van der Waals surface area contributed by atoms with Crippen molar-refractivity contribution in [2.75, 3.05) is 12.0 Å². The van der Waals surface area contributed by atoms with Gasteiger partial charge in [-0.25, -0.2) is 10.4 Å². The van der Waals surface area contributed by atoms with Crippen molar-refractivity contribution in [2.24, 2.45) is 12.1 Å². The Hall–Kier alpha value is -2.93. The number of nitrogens with zero attached hydrogens (tertiary/aromatic N) is 3. The SMILES string of the molecule is Cc1nc(N/N=C\c2c(C)n(C)c3ccccc23)[nH]c(=O)c1CCO.